The zero-order valence-corrected chi connectivity index (χ0v) is 47.2. The molecule has 2 aliphatic heterocycles. The Morgan fingerprint density at radius 3 is 0.568 bits per heavy atom. The van der Waals surface area contributed by atoms with E-state index in [9.17, 15) is 81.7 Å². The van der Waals surface area contributed by atoms with Gasteiger partial charge < -0.3 is 130 Å². The quantitative estimate of drug-likeness (QED) is 0.0244. The van der Waals surface area contributed by atoms with Crippen LogP contribution in [0.1, 0.15) is 0 Å². The number of fused-ring (bicyclic) bond motifs is 20. The van der Waals surface area contributed by atoms with Gasteiger partial charge in [-0.1, -0.05) is 0 Å². The van der Waals surface area contributed by atoms with E-state index in [1.807, 2.05) is 0 Å². The molecule has 0 spiro atoms. The maximum absolute atomic E-state index is 10.4. The van der Waals surface area contributed by atoms with E-state index in [2.05, 4.69) is 9.97 Å². The summed E-state index contributed by atoms with van der Waals surface area (Å²) >= 11 is 0. The fraction of sp³-hybridized carbons (Fsp3) is 0.400. The lowest BCUT2D eigenvalue weighted by Gasteiger charge is -2.17. The molecular weight excluding hydrogens is 1160 g/mol. The van der Waals surface area contributed by atoms with Gasteiger partial charge in [0.05, 0.1) is 75.6 Å². The Hall–Kier alpha value is -7.72. The van der Waals surface area contributed by atoms with E-state index in [1.54, 1.807) is 72.8 Å². The number of nitrogens with zero attached hydrogens (tertiary/aromatic N) is 2. The second-order valence-corrected chi connectivity index (χ2v) is 20.8. The minimum Gasteiger partial charge on any atom is -0.487 e. The van der Waals surface area contributed by atoms with Crippen molar-refractivity contribution in [3.05, 3.63) is 72.8 Å². The van der Waals surface area contributed by atoms with Crippen LogP contribution in [0.4, 0.5) is 0 Å². The number of aromatic amines is 2. The van der Waals surface area contributed by atoms with E-state index in [0.717, 1.165) is 0 Å². The molecule has 0 aliphatic carbocycles. The normalized spacial score (nSPS) is 14.7. The summed E-state index contributed by atoms with van der Waals surface area (Å²) in [6.07, 6.45) is -10.7. The number of aliphatic hydroxyl groups is 16. The van der Waals surface area contributed by atoms with Crippen molar-refractivity contribution in [1.29, 1.82) is 0 Å². The first kappa shape index (κ1) is 64.7. The number of hydrogen-bond acceptors (Lipinski definition) is 26. The molecule has 0 amide bonds. The molecule has 0 fully saturated rings. The highest BCUT2D eigenvalue weighted by atomic mass is 16.6. The summed E-state index contributed by atoms with van der Waals surface area (Å²) in [5.41, 5.74) is 4.17. The molecule has 88 heavy (non-hydrogen) atoms. The Morgan fingerprint density at radius 1 is 0.250 bits per heavy atom. The maximum atomic E-state index is 10.4. The van der Waals surface area contributed by atoms with Crippen LogP contribution in [-0.2, 0) is 0 Å². The number of rotatable bonds is 32. The summed E-state index contributed by atoms with van der Waals surface area (Å²) < 4.78 is 48.4. The van der Waals surface area contributed by atoms with Crippen LogP contribution in [0.5, 0.6) is 46.0 Å². The maximum Gasteiger partial charge on any atom is 0.162 e. The average molecular weight is 1230 g/mol. The molecule has 8 unspecified atom stereocenters. The van der Waals surface area contributed by atoms with Crippen LogP contribution in [0.25, 0.3) is 88.6 Å². The summed E-state index contributed by atoms with van der Waals surface area (Å²) in [5, 5.41) is 163. The zero-order chi connectivity index (χ0) is 62.8. The predicted octanol–water partition coefficient (Wildman–Crippen LogP) is -0.855. The smallest absolute Gasteiger partial charge is 0.162 e. The molecule has 9 rings (SSSR count). The molecule has 0 radical (unpaired) electrons. The molecule has 5 heterocycles. The van der Waals surface area contributed by atoms with Crippen molar-refractivity contribution in [2.24, 2.45) is 0 Å². The van der Waals surface area contributed by atoms with Crippen LogP contribution in [0.2, 0.25) is 0 Å². The van der Waals surface area contributed by atoms with E-state index in [4.69, 9.17) is 47.9 Å². The first-order chi connectivity index (χ1) is 42.5. The number of hydrogen-bond donors (Lipinski definition) is 18. The minimum absolute atomic E-state index is 0.0324. The van der Waals surface area contributed by atoms with E-state index in [0.29, 0.717) is 65.9 Å². The number of ether oxygens (including phenoxy) is 8. The Balaban J connectivity index is 1.44. The molecule has 2 aliphatic rings. The molecule has 3 aromatic heterocycles. The molecule has 28 heteroatoms. The molecule has 8 bridgehead atoms. The Kier molecular flexibility index (Phi) is 21.7. The third-order valence-corrected chi connectivity index (χ3v) is 13.9. The van der Waals surface area contributed by atoms with Gasteiger partial charge in [-0.3, -0.25) is 0 Å². The number of benzene rings is 4. The molecule has 8 atom stereocenters. The molecule has 28 nitrogen and oxygen atoms in total. The fourth-order valence-electron chi connectivity index (χ4n) is 9.29. The van der Waals surface area contributed by atoms with Crippen molar-refractivity contribution >= 4 is 43.6 Å². The van der Waals surface area contributed by atoms with Gasteiger partial charge in [0.15, 0.2) is 46.0 Å². The van der Waals surface area contributed by atoms with Crippen molar-refractivity contribution in [3.8, 4) is 91.0 Å². The zero-order valence-electron chi connectivity index (χ0n) is 47.2. The first-order valence-corrected chi connectivity index (χ1v) is 27.9. The fourth-order valence-corrected chi connectivity index (χ4v) is 9.29. The van der Waals surface area contributed by atoms with Crippen LogP contribution in [-0.4, -0.2) is 256 Å². The van der Waals surface area contributed by atoms with Crippen LogP contribution >= 0.6 is 0 Å². The summed E-state index contributed by atoms with van der Waals surface area (Å²) in [4.78, 5) is 17.3. The minimum atomic E-state index is -1.33. The lowest BCUT2D eigenvalue weighted by molar-refractivity contribution is 0.0448. The van der Waals surface area contributed by atoms with Crippen LogP contribution in [0.3, 0.4) is 0 Å². The lowest BCUT2D eigenvalue weighted by Crippen LogP contribution is -2.23. The van der Waals surface area contributed by atoms with Crippen molar-refractivity contribution < 1.29 is 120 Å². The highest BCUT2D eigenvalue weighted by molar-refractivity contribution is 6.12. The van der Waals surface area contributed by atoms with Crippen LogP contribution in [0, 0.1) is 0 Å². The molecule has 474 valence electrons. The Morgan fingerprint density at radius 2 is 0.409 bits per heavy atom. The van der Waals surface area contributed by atoms with Crippen molar-refractivity contribution in [3.63, 3.8) is 0 Å². The van der Waals surface area contributed by atoms with Crippen molar-refractivity contribution in [2.45, 2.75) is 48.8 Å². The monoisotopic (exact) mass is 1230 g/mol. The van der Waals surface area contributed by atoms with Gasteiger partial charge in [-0.15, -0.1) is 0 Å². The molecular formula is C60H70N4O24. The molecule has 18 N–H and O–H groups in total. The highest BCUT2D eigenvalue weighted by Gasteiger charge is 2.27. The van der Waals surface area contributed by atoms with E-state index in [1.165, 1.54) is 0 Å². The summed E-state index contributed by atoms with van der Waals surface area (Å²) in [6, 6.07) is 19.4. The predicted molar refractivity (Wildman–Crippen MR) is 314 cm³/mol. The van der Waals surface area contributed by atoms with Gasteiger partial charge in [-0.25, -0.2) is 9.97 Å². The average Bonchev–Trinajstić information content (AvgIpc) is 4.17. The molecule has 0 saturated carbocycles. The highest BCUT2D eigenvalue weighted by Crippen LogP contribution is 2.48. The van der Waals surface area contributed by atoms with Gasteiger partial charge >= 0.3 is 0 Å². The number of nitrogens with one attached hydrogen (secondary N) is 2. The van der Waals surface area contributed by atoms with Gasteiger partial charge in [-0.05, 0) is 72.8 Å². The van der Waals surface area contributed by atoms with E-state index >= 15 is 0 Å². The first-order valence-electron chi connectivity index (χ1n) is 27.9. The van der Waals surface area contributed by atoms with Crippen LogP contribution < -0.4 is 37.9 Å². The largest absolute Gasteiger partial charge is 0.487 e. The summed E-state index contributed by atoms with van der Waals surface area (Å²) in [7, 11) is 0. The molecule has 4 aromatic carbocycles. The molecule has 7 aromatic rings. The number of H-pyrrole nitrogens is 2. The summed E-state index contributed by atoms with van der Waals surface area (Å²) in [6.45, 7) is -8.51. The Labute approximate surface area is 500 Å². The lowest BCUT2D eigenvalue weighted by atomic mass is 10.0. The van der Waals surface area contributed by atoms with Gasteiger partial charge in [-0.2, -0.15) is 0 Å². The SMILES string of the molecule is OCC(O)COc1cc2c(cc1OCC(O)CO)-c1cc3[nH]c(cc4nc(cc5[nH]c(cc-2n1)c1cc(OCC(O)CO)c(OCC(O)CO)cc51)-c1cc(OCC(O)CO)c(OCC(O)CO)cc1-4)c1cc(OCC(O)CO)c(OCC(O)CO)cc31. The van der Waals surface area contributed by atoms with Crippen molar-refractivity contribution in [2.75, 3.05) is 106 Å². The number of aliphatic hydroxyl groups excluding tert-OH is 16. The van der Waals surface area contributed by atoms with Crippen LogP contribution in [0.15, 0.2) is 72.8 Å². The standard InChI is InChI=1S/C60H70N4O24/c65-13-29(73)21-81-53-1-37-38(2-54(53)82-22-30(74)14-66)46-10-48-41-5-57(85-25-33(77)17-69)58(86-26-34(78)18-70)6-42(41)50(63-48)12-52-44-8-60(88-28-36(80)20-72)59(87-27-35(79)19-71)7-43(44)51(64-52)11-49-40-4-56(84-24-32(76)16-68)55(83-23-31(75)15-67)3-39(40)47(62-49)9-45(37)61-46/h1-12,29-36,61,64-80H,13-28H2. The van der Waals surface area contributed by atoms with Gasteiger partial charge in [0.2, 0.25) is 0 Å². The van der Waals surface area contributed by atoms with Gasteiger partial charge in [0.25, 0.3) is 0 Å². The van der Waals surface area contributed by atoms with Gasteiger partial charge in [0.1, 0.15) is 102 Å². The second-order valence-electron chi connectivity index (χ2n) is 20.8. The van der Waals surface area contributed by atoms with E-state index < -0.39 is 155 Å². The topological polar surface area (TPSA) is 455 Å². The third-order valence-electron chi connectivity index (χ3n) is 13.9. The second kappa shape index (κ2) is 29.5. The Bertz CT molecular complexity index is 3250. The number of aromatic nitrogens is 4. The molecule has 0 saturated heterocycles. The van der Waals surface area contributed by atoms with Gasteiger partial charge in [0, 0.05) is 65.9 Å². The summed E-state index contributed by atoms with van der Waals surface area (Å²) in [5.74, 6) is 0.284. The van der Waals surface area contributed by atoms with E-state index in [-0.39, 0.29) is 68.8 Å². The third kappa shape index (κ3) is 15.0. The van der Waals surface area contributed by atoms with Crippen molar-refractivity contribution in [1.82, 2.24) is 19.9 Å².